The van der Waals surface area contributed by atoms with Crippen LogP contribution in [0.1, 0.15) is 50.4 Å². The minimum absolute atomic E-state index is 0.00863. The van der Waals surface area contributed by atoms with Gasteiger partial charge in [-0.25, -0.2) is 16.8 Å². The summed E-state index contributed by atoms with van der Waals surface area (Å²) in [6, 6.07) is 5.72. The Hall–Kier alpha value is -1.45. The number of rotatable bonds is 6. The van der Waals surface area contributed by atoms with Gasteiger partial charge in [0.05, 0.1) is 16.4 Å². The number of carbonyl (C=O) groups is 1. The number of benzene rings is 1. The molecule has 3 rings (SSSR count). The van der Waals surface area contributed by atoms with Crippen LogP contribution in [0.3, 0.4) is 0 Å². The molecule has 0 bridgehead atoms. The molecule has 1 aromatic rings. The third-order valence-electron chi connectivity index (χ3n) is 5.95. The maximum absolute atomic E-state index is 13.1. The van der Waals surface area contributed by atoms with Crippen LogP contribution in [0, 0.1) is 11.8 Å². The van der Waals surface area contributed by atoms with Crippen LogP contribution < -0.4 is 0 Å². The van der Waals surface area contributed by atoms with E-state index in [4.69, 9.17) is 0 Å². The third-order valence-corrected chi connectivity index (χ3v) is 9.62. The molecule has 2 aliphatic rings. The van der Waals surface area contributed by atoms with E-state index in [1.165, 1.54) is 16.4 Å². The maximum Gasteiger partial charge on any atom is 0.254 e. The first-order valence-electron chi connectivity index (χ1n) is 10.6. The topological polar surface area (TPSA) is 91.8 Å². The molecule has 0 N–H and O–H groups in total. The highest BCUT2D eigenvalue weighted by molar-refractivity contribution is 7.91. The summed E-state index contributed by atoms with van der Waals surface area (Å²) in [5, 5.41) is 0. The first-order valence-corrected chi connectivity index (χ1v) is 13.9. The summed E-state index contributed by atoms with van der Waals surface area (Å²) >= 11 is 0. The van der Waals surface area contributed by atoms with Crippen molar-refractivity contribution >= 4 is 25.8 Å². The average Bonchev–Trinajstić information content (AvgIpc) is 3.05. The molecule has 0 radical (unpaired) electrons. The SMILES string of the molecule is CC(C)CN(C(=O)c1ccc(S(=O)(=O)N2CCC(C)CC2)cc1)[C@@H]1CCS(=O)(=O)C1. The Bertz CT molecular complexity index is 963. The quantitative estimate of drug-likeness (QED) is 0.655. The molecule has 30 heavy (non-hydrogen) atoms. The molecule has 1 amide bonds. The van der Waals surface area contributed by atoms with Gasteiger partial charge in [0.25, 0.3) is 5.91 Å². The number of piperidine rings is 1. The highest BCUT2D eigenvalue weighted by Crippen LogP contribution is 2.25. The Labute approximate surface area is 180 Å². The summed E-state index contributed by atoms with van der Waals surface area (Å²) < 4.78 is 51.1. The fourth-order valence-corrected chi connectivity index (χ4v) is 7.32. The van der Waals surface area contributed by atoms with Crippen molar-refractivity contribution in [1.82, 2.24) is 9.21 Å². The number of nitrogens with zero attached hydrogens (tertiary/aromatic N) is 2. The zero-order valence-corrected chi connectivity index (χ0v) is 19.6. The summed E-state index contributed by atoms with van der Waals surface area (Å²) in [5.74, 6) is 0.568. The van der Waals surface area contributed by atoms with E-state index in [0.29, 0.717) is 37.5 Å². The molecule has 2 heterocycles. The molecule has 1 aromatic carbocycles. The van der Waals surface area contributed by atoms with E-state index in [1.807, 2.05) is 13.8 Å². The molecular weight excluding hydrogens is 424 g/mol. The minimum atomic E-state index is -3.57. The number of sulfone groups is 1. The third kappa shape index (κ3) is 5.23. The van der Waals surface area contributed by atoms with Gasteiger partial charge < -0.3 is 4.90 Å². The van der Waals surface area contributed by atoms with Crippen molar-refractivity contribution in [3.05, 3.63) is 29.8 Å². The molecule has 168 valence electrons. The average molecular weight is 457 g/mol. The van der Waals surface area contributed by atoms with Crippen molar-refractivity contribution in [2.75, 3.05) is 31.1 Å². The van der Waals surface area contributed by atoms with Gasteiger partial charge in [0.1, 0.15) is 0 Å². The standard InChI is InChI=1S/C21H32N2O5S2/c1-16(2)14-23(19-10-13-29(25,26)15-19)21(24)18-4-6-20(7-5-18)30(27,28)22-11-8-17(3)9-12-22/h4-7,16-17,19H,8-15H2,1-3H3/t19-/m1/s1. The lowest BCUT2D eigenvalue weighted by Gasteiger charge is -2.30. The van der Waals surface area contributed by atoms with Gasteiger partial charge in [-0.1, -0.05) is 20.8 Å². The van der Waals surface area contributed by atoms with Crippen LogP contribution in [-0.4, -0.2) is 69.1 Å². The second-order valence-electron chi connectivity index (χ2n) is 9.02. The van der Waals surface area contributed by atoms with E-state index in [2.05, 4.69) is 6.92 Å². The number of sulfonamides is 1. The van der Waals surface area contributed by atoms with Crippen LogP contribution in [0.15, 0.2) is 29.2 Å². The lowest BCUT2D eigenvalue weighted by molar-refractivity contribution is 0.0672. The molecule has 0 saturated carbocycles. The predicted octanol–water partition coefficient (Wildman–Crippen LogP) is 2.39. The Morgan fingerprint density at radius 2 is 1.73 bits per heavy atom. The molecule has 9 heteroatoms. The normalized spacial score (nSPS) is 23.0. The van der Waals surface area contributed by atoms with Crippen LogP contribution in [0.25, 0.3) is 0 Å². The van der Waals surface area contributed by atoms with E-state index in [-0.39, 0.29) is 34.3 Å². The Balaban J connectivity index is 1.79. The van der Waals surface area contributed by atoms with Crippen LogP contribution in [0.5, 0.6) is 0 Å². The number of carbonyl (C=O) groups excluding carboxylic acids is 1. The molecular formula is C21H32N2O5S2. The van der Waals surface area contributed by atoms with Crippen LogP contribution in [0.4, 0.5) is 0 Å². The van der Waals surface area contributed by atoms with Gasteiger partial charge in [0.2, 0.25) is 10.0 Å². The zero-order chi connectivity index (χ0) is 22.1. The van der Waals surface area contributed by atoms with E-state index in [1.54, 1.807) is 17.0 Å². The van der Waals surface area contributed by atoms with Gasteiger partial charge in [0.15, 0.2) is 9.84 Å². The molecule has 0 spiro atoms. The van der Waals surface area contributed by atoms with Gasteiger partial charge in [-0.2, -0.15) is 4.31 Å². The minimum Gasteiger partial charge on any atom is -0.334 e. The summed E-state index contributed by atoms with van der Waals surface area (Å²) in [5.41, 5.74) is 0.381. The highest BCUT2D eigenvalue weighted by Gasteiger charge is 2.35. The van der Waals surface area contributed by atoms with Crippen molar-refractivity contribution in [1.29, 1.82) is 0 Å². The van der Waals surface area contributed by atoms with Gasteiger partial charge in [-0.15, -0.1) is 0 Å². The monoisotopic (exact) mass is 456 g/mol. The summed E-state index contributed by atoms with van der Waals surface area (Å²) in [6.07, 6.45) is 2.15. The molecule has 2 fully saturated rings. The lowest BCUT2D eigenvalue weighted by atomic mass is 10.0. The predicted molar refractivity (Wildman–Crippen MR) is 117 cm³/mol. The Kier molecular flexibility index (Phi) is 6.94. The Morgan fingerprint density at radius 1 is 1.13 bits per heavy atom. The van der Waals surface area contributed by atoms with E-state index < -0.39 is 19.9 Å². The molecule has 0 aromatic heterocycles. The second kappa shape index (κ2) is 8.96. The number of hydrogen-bond donors (Lipinski definition) is 0. The smallest absolute Gasteiger partial charge is 0.254 e. The van der Waals surface area contributed by atoms with E-state index in [9.17, 15) is 21.6 Å². The van der Waals surface area contributed by atoms with Gasteiger partial charge in [0, 0.05) is 31.2 Å². The van der Waals surface area contributed by atoms with E-state index >= 15 is 0 Å². The molecule has 0 unspecified atom stereocenters. The van der Waals surface area contributed by atoms with Crippen molar-refractivity contribution in [3.63, 3.8) is 0 Å². The van der Waals surface area contributed by atoms with Crippen molar-refractivity contribution in [2.45, 2.75) is 51.0 Å². The van der Waals surface area contributed by atoms with Crippen LogP contribution in [-0.2, 0) is 19.9 Å². The number of amides is 1. The van der Waals surface area contributed by atoms with Gasteiger partial charge >= 0.3 is 0 Å². The molecule has 2 aliphatic heterocycles. The summed E-state index contributed by atoms with van der Waals surface area (Å²) in [7, 11) is -6.68. The van der Waals surface area contributed by atoms with Crippen molar-refractivity contribution < 1.29 is 21.6 Å². The summed E-state index contributed by atoms with van der Waals surface area (Å²) in [6.45, 7) is 7.59. The van der Waals surface area contributed by atoms with Crippen LogP contribution >= 0.6 is 0 Å². The van der Waals surface area contributed by atoms with Crippen molar-refractivity contribution in [3.8, 4) is 0 Å². The molecule has 1 atom stereocenters. The first-order chi connectivity index (χ1) is 14.0. The fourth-order valence-electron chi connectivity index (χ4n) is 4.12. The zero-order valence-electron chi connectivity index (χ0n) is 18.0. The van der Waals surface area contributed by atoms with Gasteiger partial charge in [-0.3, -0.25) is 4.79 Å². The van der Waals surface area contributed by atoms with Gasteiger partial charge in [-0.05, 0) is 55.4 Å². The lowest BCUT2D eigenvalue weighted by Crippen LogP contribution is -2.43. The molecule has 2 saturated heterocycles. The first kappa shape index (κ1) is 23.2. The van der Waals surface area contributed by atoms with E-state index in [0.717, 1.165) is 12.8 Å². The van der Waals surface area contributed by atoms with Crippen molar-refractivity contribution in [2.24, 2.45) is 11.8 Å². The fraction of sp³-hybridized carbons (Fsp3) is 0.667. The largest absolute Gasteiger partial charge is 0.334 e. The highest BCUT2D eigenvalue weighted by atomic mass is 32.2. The second-order valence-corrected chi connectivity index (χ2v) is 13.2. The molecule has 7 nitrogen and oxygen atoms in total. The maximum atomic E-state index is 13.1. The number of hydrogen-bond acceptors (Lipinski definition) is 5. The van der Waals surface area contributed by atoms with Crippen LogP contribution in [0.2, 0.25) is 0 Å². The molecule has 0 aliphatic carbocycles. The summed E-state index contributed by atoms with van der Waals surface area (Å²) in [4.78, 5) is 15.0. The Morgan fingerprint density at radius 3 is 2.23 bits per heavy atom.